The fourth-order valence-electron chi connectivity index (χ4n) is 1.89. The van der Waals surface area contributed by atoms with Crippen molar-refractivity contribution in [2.45, 2.75) is 19.8 Å². The molecule has 0 amide bonds. The molecule has 98 valence electrons. The van der Waals surface area contributed by atoms with Crippen molar-refractivity contribution >= 4 is 12.2 Å². The Bertz CT molecular complexity index is 562. The first-order valence-corrected chi connectivity index (χ1v) is 6.32. The summed E-state index contributed by atoms with van der Waals surface area (Å²) in [5.74, 6) is 1.38. The minimum Gasteiger partial charge on any atom is -0.496 e. The maximum absolute atomic E-state index is 5.44. The Morgan fingerprint density at radius 3 is 2.63 bits per heavy atom. The lowest BCUT2D eigenvalue weighted by Crippen LogP contribution is -1.94. The van der Waals surface area contributed by atoms with E-state index in [2.05, 4.69) is 35.9 Å². The van der Waals surface area contributed by atoms with Crippen LogP contribution in [0.3, 0.4) is 0 Å². The maximum atomic E-state index is 5.44. The van der Waals surface area contributed by atoms with Crippen molar-refractivity contribution < 1.29 is 4.74 Å². The standard InChI is InChI=1S/C16H18N2O/c1-12(2)15-7-5-13(10-16(15)19-3)4-6-14-8-9-17-11-18-14/h4-12H,1-3H3/b6-4+. The monoisotopic (exact) mass is 254 g/mol. The normalized spacial score (nSPS) is 11.2. The molecule has 3 heteroatoms. The molecule has 0 bridgehead atoms. The lowest BCUT2D eigenvalue weighted by Gasteiger charge is -2.12. The van der Waals surface area contributed by atoms with Gasteiger partial charge in [0.1, 0.15) is 12.1 Å². The predicted octanol–water partition coefficient (Wildman–Crippen LogP) is 3.78. The molecule has 1 heterocycles. The van der Waals surface area contributed by atoms with Crippen LogP contribution in [0.2, 0.25) is 0 Å². The van der Waals surface area contributed by atoms with Crippen LogP contribution in [0.15, 0.2) is 36.8 Å². The summed E-state index contributed by atoms with van der Waals surface area (Å²) in [6, 6.07) is 8.13. The Morgan fingerprint density at radius 2 is 2.00 bits per heavy atom. The molecule has 0 radical (unpaired) electrons. The van der Waals surface area contributed by atoms with E-state index in [1.165, 1.54) is 5.56 Å². The second-order valence-electron chi connectivity index (χ2n) is 4.62. The molecule has 0 atom stereocenters. The number of benzene rings is 1. The first-order chi connectivity index (χ1) is 9.20. The molecule has 0 aliphatic carbocycles. The highest BCUT2D eigenvalue weighted by molar-refractivity contribution is 5.69. The highest BCUT2D eigenvalue weighted by Crippen LogP contribution is 2.27. The van der Waals surface area contributed by atoms with Crippen molar-refractivity contribution in [3.8, 4) is 5.75 Å². The summed E-state index contributed by atoms with van der Waals surface area (Å²) in [4.78, 5) is 8.05. The number of hydrogen-bond acceptors (Lipinski definition) is 3. The third-order valence-electron chi connectivity index (χ3n) is 2.93. The minimum atomic E-state index is 0.454. The summed E-state index contributed by atoms with van der Waals surface area (Å²) >= 11 is 0. The topological polar surface area (TPSA) is 35.0 Å². The summed E-state index contributed by atoms with van der Waals surface area (Å²) in [6.07, 6.45) is 7.26. The van der Waals surface area contributed by atoms with Crippen LogP contribution < -0.4 is 4.74 Å². The van der Waals surface area contributed by atoms with E-state index in [0.29, 0.717) is 5.92 Å². The summed E-state index contributed by atoms with van der Waals surface area (Å²) in [5, 5.41) is 0. The van der Waals surface area contributed by atoms with E-state index in [9.17, 15) is 0 Å². The van der Waals surface area contributed by atoms with Gasteiger partial charge in [-0.1, -0.05) is 32.1 Å². The van der Waals surface area contributed by atoms with Gasteiger partial charge in [-0.15, -0.1) is 0 Å². The van der Waals surface area contributed by atoms with E-state index in [1.54, 1.807) is 19.6 Å². The molecular weight excluding hydrogens is 236 g/mol. The summed E-state index contributed by atoms with van der Waals surface area (Å²) in [7, 11) is 1.71. The van der Waals surface area contributed by atoms with Gasteiger partial charge in [-0.05, 0) is 35.3 Å². The molecular formula is C16H18N2O. The summed E-state index contributed by atoms with van der Waals surface area (Å²) in [5.41, 5.74) is 3.21. The molecule has 1 aromatic carbocycles. The molecule has 2 aromatic rings. The van der Waals surface area contributed by atoms with Crippen LogP contribution >= 0.6 is 0 Å². The molecule has 0 saturated carbocycles. The van der Waals surface area contributed by atoms with E-state index >= 15 is 0 Å². The van der Waals surface area contributed by atoms with Crippen molar-refractivity contribution in [1.29, 1.82) is 0 Å². The van der Waals surface area contributed by atoms with Crippen LogP contribution in [0.25, 0.3) is 12.2 Å². The van der Waals surface area contributed by atoms with Crippen LogP contribution in [0.4, 0.5) is 0 Å². The van der Waals surface area contributed by atoms with Gasteiger partial charge in [0.15, 0.2) is 0 Å². The third-order valence-corrected chi connectivity index (χ3v) is 2.93. The third kappa shape index (κ3) is 3.41. The molecule has 0 unspecified atom stereocenters. The van der Waals surface area contributed by atoms with Crippen LogP contribution in [0.5, 0.6) is 5.75 Å². The van der Waals surface area contributed by atoms with Gasteiger partial charge in [0, 0.05) is 6.20 Å². The molecule has 0 aliphatic rings. The molecule has 0 spiro atoms. The van der Waals surface area contributed by atoms with Gasteiger partial charge in [-0.2, -0.15) is 0 Å². The van der Waals surface area contributed by atoms with Crippen LogP contribution in [0, 0.1) is 0 Å². The Labute approximate surface area is 114 Å². The molecule has 19 heavy (non-hydrogen) atoms. The van der Waals surface area contributed by atoms with Crippen LogP contribution in [-0.2, 0) is 0 Å². The van der Waals surface area contributed by atoms with E-state index in [4.69, 9.17) is 4.74 Å². The molecule has 0 saturated heterocycles. The molecule has 2 rings (SSSR count). The van der Waals surface area contributed by atoms with E-state index < -0.39 is 0 Å². The van der Waals surface area contributed by atoms with Gasteiger partial charge < -0.3 is 4.74 Å². The molecule has 1 aromatic heterocycles. The van der Waals surface area contributed by atoms with E-state index in [1.807, 2.05) is 24.3 Å². The van der Waals surface area contributed by atoms with E-state index in [-0.39, 0.29) is 0 Å². The van der Waals surface area contributed by atoms with Gasteiger partial charge in [0.2, 0.25) is 0 Å². The average Bonchev–Trinajstić information content (AvgIpc) is 2.45. The van der Waals surface area contributed by atoms with Crippen molar-refractivity contribution in [3.63, 3.8) is 0 Å². The average molecular weight is 254 g/mol. The molecule has 3 nitrogen and oxygen atoms in total. The highest BCUT2D eigenvalue weighted by atomic mass is 16.5. The second-order valence-corrected chi connectivity index (χ2v) is 4.62. The first-order valence-electron chi connectivity index (χ1n) is 6.32. The fourth-order valence-corrected chi connectivity index (χ4v) is 1.89. The number of nitrogens with zero attached hydrogens (tertiary/aromatic N) is 2. The van der Waals surface area contributed by atoms with Crippen LogP contribution in [-0.4, -0.2) is 17.1 Å². The quantitative estimate of drug-likeness (QED) is 0.832. The Hall–Kier alpha value is -2.16. The summed E-state index contributed by atoms with van der Waals surface area (Å²) < 4.78 is 5.44. The lowest BCUT2D eigenvalue weighted by molar-refractivity contribution is 0.407. The van der Waals surface area contributed by atoms with Crippen molar-refractivity contribution in [2.75, 3.05) is 7.11 Å². The fraction of sp³-hybridized carbons (Fsp3) is 0.250. The Balaban J connectivity index is 2.25. The Kier molecular flexibility index (Phi) is 4.29. The molecule has 0 N–H and O–H groups in total. The van der Waals surface area contributed by atoms with Gasteiger partial charge in [0.25, 0.3) is 0 Å². The van der Waals surface area contributed by atoms with Gasteiger partial charge >= 0.3 is 0 Å². The zero-order chi connectivity index (χ0) is 13.7. The largest absolute Gasteiger partial charge is 0.496 e. The number of hydrogen-bond donors (Lipinski definition) is 0. The predicted molar refractivity (Wildman–Crippen MR) is 78.0 cm³/mol. The second kappa shape index (κ2) is 6.14. The lowest BCUT2D eigenvalue weighted by atomic mass is 10.00. The first kappa shape index (κ1) is 13.3. The molecule has 0 aliphatic heterocycles. The molecule has 0 fully saturated rings. The van der Waals surface area contributed by atoms with Crippen molar-refractivity contribution in [3.05, 3.63) is 53.6 Å². The zero-order valence-electron chi connectivity index (χ0n) is 11.5. The van der Waals surface area contributed by atoms with Crippen molar-refractivity contribution in [1.82, 2.24) is 9.97 Å². The van der Waals surface area contributed by atoms with Gasteiger partial charge in [-0.25, -0.2) is 9.97 Å². The number of methoxy groups -OCH3 is 1. The van der Waals surface area contributed by atoms with Gasteiger partial charge in [-0.3, -0.25) is 0 Å². The van der Waals surface area contributed by atoms with Gasteiger partial charge in [0.05, 0.1) is 12.8 Å². The Morgan fingerprint density at radius 1 is 1.16 bits per heavy atom. The number of ether oxygens (including phenoxy) is 1. The minimum absolute atomic E-state index is 0.454. The smallest absolute Gasteiger partial charge is 0.122 e. The number of aromatic nitrogens is 2. The maximum Gasteiger partial charge on any atom is 0.122 e. The van der Waals surface area contributed by atoms with Crippen molar-refractivity contribution in [2.24, 2.45) is 0 Å². The highest BCUT2D eigenvalue weighted by Gasteiger charge is 2.06. The summed E-state index contributed by atoms with van der Waals surface area (Å²) in [6.45, 7) is 4.32. The SMILES string of the molecule is COc1cc(/C=C/c2ccncn2)ccc1C(C)C. The van der Waals surface area contributed by atoms with E-state index in [0.717, 1.165) is 17.0 Å². The van der Waals surface area contributed by atoms with Crippen LogP contribution in [0.1, 0.15) is 36.6 Å². The number of rotatable bonds is 4. The zero-order valence-corrected chi connectivity index (χ0v) is 11.5.